The Kier molecular flexibility index (Phi) is 5.81. The summed E-state index contributed by atoms with van der Waals surface area (Å²) in [4.78, 5) is 19.2. The molecule has 1 aliphatic heterocycles. The zero-order chi connectivity index (χ0) is 17.6. The Hall–Kier alpha value is -2.21. The van der Waals surface area contributed by atoms with Gasteiger partial charge in [0.25, 0.3) is 5.91 Å². The van der Waals surface area contributed by atoms with Crippen LogP contribution in [-0.2, 0) is 16.0 Å². The standard InChI is InChI=1S/C19H25N3O3/c1-3-24-18(16-9-5-4-6-10-16)19(23)22-11-7-8-15(13-22)12-17-20-14(2)25-21-17/h4-6,9-10,15,18H,3,7-8,11-13H2,1-2H3/t15-,18-/m0/s1. The molecule has 6 heteroatoms. The van der Waals surface area contributed by atoms with E-state index in [-0.39, 0.29) is 5.91 Å². The average Bonchev–Trinajstić information content (AvgIpc) is 3.05. The van der Waals surface area contributed by atoms with Crippen molar-refractivity contribution < 1.29 is 14.1 Å². The van der Waals surface area contributed by atoms with Gasteiger partial charge in [0.15, 0.2) is 11.9 Å². The molecule has 3 rings (SSSR count). The number of rotatable bonds is 6. The van der Waals surface area contributed by atoms with E-state index in [1.54, 1.807) is 6.92 Å². The van der Waals surface area contributed by atoms with Gasteiger partial charge < -0.3 is 14.2 Å². The Balaban J connectivity index is 1.67. The second-order valence-electron chi connectivity index (χ2n) is 6.47. The summed E-state index contributed by atoms with van der Waals surface area (Å²) in [5, 5.41) is 3.98. The lowest BCUT2D eigenvalue weighted by Crippen LogP contribution is -2.43. The summed E-state index contributed by atoms with van der Waals surface area (Å²) >= 11 is 0. The first-order valence-electron chi connectivity index (χ1n) is 8.92. The molecule has 0 unspecified atom stereocenters. The molecule has 1 amide bonds. The maximum absolute atomic E-state index is 13.0. The average molecular weight is 343 g/mol. The fraction of sp³-hybridized carbons (Fsp3) is 0.526. The minimum Gasteiger partial charge on any atom is -0.364 e. The lowest BCUT2D eigenvalue weighted by molar-refractivity contribution is -0.146. The summed E-state index contributed by atoms with van der Waals surface area (Å²) < 4.78 is 10.8. The number of carbonyl (C=O) groups excluding carboxylic acids is 1. The Labute approximate surface area is 148 Å². The third-order valence-corrected chi connectivity index (χ3v) is 4.53. The lowest BCUT2D eigenvalue weighted by atomic mass is 9.93. The van der Waals surface area contributed by atoms with Crippen molar-refractivity contribution in [1.82, 2.24) is 15.0 Å². The van der Waals surface area contributed by atoms with Gasteiger partial charge in [0.2, 0.25) is 5.89 Å². The number of aryl methyl sites for hydroxylation is 1. The van der Waals surface area contributed by atoms with Gasteiger partial charge in [-0.15, -0.1) is 0 Å². The Bertz CT molecular complexity index is 686. The van der Waals surface area contributed by atoms with Gasteiger partial charge in [0.1, 0.15) is 0 Å². The number of carbonyl (C=O) groups is 1. The quantitative estimate of drug-likeness (QED) is 0.807. The Morgan fingerprint density at radius 1 is 1.40 bits per heavy atom. The van der Waals surface area contributed by atoms with Crippen LogP contribution < -0.4 is 0 Å². The van der Waals surface area contributed by atoms with Gasteiger partial charge in [-0.2, -0.15) is 4.98 Å². The van der Waals surface area contributed by atoms with Gasteiger partial charge >= 0.3 is 0 Å². The van der Waals surface area contributed by atoms with Crippen molar-refractivity contribution in [2.45, 2.75) is 39.2 Å². The first-order valence-corrected chi connectivity index (χ1v) is 8.92. The largest absolute Gasteiger partial charge is 0.364 e. The minimum atomic E-state index is -0.530. The van der Waals surface area contributed by atoms with E-state index in [2.05, 4.69) is 10.1 Å². The van der Waals surface area contributed by atoms with Crippen LogP contribution in [0, 0.1) is 12.8 Å². The molecule has 1 aromatic heterocycles. The van der Waals surface area contributed by atoms with E-state index >= 15 is 0 Å². The summed E-state index contributed by atoms with van der Waals surface area (Å²) in [6.07, 6.45) is 2.27. The van der Waals surface area contributed by atoms with E-state index in [9.17, 15) is 4.79 Å². The summed E-state index contributed by atoms with van der Waals surface area (Å²) in [5.74, 6) is 1.70. The van der Waals surface area contributed by atoms with E-state index in [0.29, 0.717) is 25.0 Å². The third kappa shape index (κ3) is 4.45. The van der Waals surface area contributed by atoms with Crippen molar-refractivity contribution in [2.75, 3.05) is 19.7 Å². The van der Waals surface area contributed by atoms with E-state index < -0.39 is 6.10 Å². The van der Waals surface area contributed by atoms with E-state index in [1.807, 2.05) is 42.2 Å². The summed E-state index contributed by atoms with van der Waals surface area (Å²) in [7, 11) is 0. The topological polar surface area (TPSA) is 68.5 Å². The van der Waals surface area contributed by atoms with Crippen LogP contribution in [0.25, 0.3) is 0 Å². The smallest absolute Gasteiger partial charge is 0.256 e. The molecule has 1 aromatic carbocycles. The van der Waals surface area contributed by atoms with Crippen molar-refractivity contribution >= 4 is 5.91 Å². The number of hydrogen-bond acceptors (Lipinski definition) is 5. The maximum atomic E-state index is 13.0. The highest BCUT2D eigenvalue weighted by Crippen LogP contribution is 2.25. The highest BCUT2D eigenvalue weighted by atomic mass is 16.5. The van der Waals surface area contributed by atoms with Gasteiger partial charge in [-0.1, -0.05) is 35.5 Å². The molecule has 2 heterocycles. The van der Waals surface area contributed by atoms with Crippen molar-refractivity contribution in [3.05, 3.63) is 47.6 Å². The molecule has 0 radical (unpaired) electrons. The molecule has 0 saturated carbocycles. The van der Waals surface area contributed by atoms with Crippen LogP contribution in [0.1, 0.15) is 43.1 Å². The Morgan fingerprint density at radius 2 is 2.20 bits per heavy atom. The van der Waals surface area contributed by atoms with Gasteiger partial charge in [0, 0.05) is 33.0 Å². The number of piperidine rings is 1. The molecule has 2 atom stereocenters. The molecule has 1 saturated heterocycles. The molecular weight excluding hydrogens is 318 g/mol. The molecule has 0 N–H and O–H groups in total. The van der Waals surface area contributed by atoms with Crippen LogP contribution in [0.5, 0.6) is 0 Å². The van der Waals surface area contributed by atoms with E-state index in [0.717, 1.165) is 37.2 Å². The zero-order valence-electron chi connectivity index (χ0n) is 14.9. The number of amides is 1. The first kappa shape index (κ1) is 17.6. The second-order valence-corrected chi connectivity index (χ2v) is 6.47. The predicted molar refractivity (Wildman–Crippen MR) is 92.9 cm³/mol. The molecule has 25 heavy (non-hydrogen) atoms. The molecular formula is C19H25N3O3. The highest BCUT2D eigenvalue weighted by molar-refractivity contribution is 5.82. The van der Waals surface area contributed by atoms with Crippen LogP contribution in [-0.4, -0.2) is 40.6 Å². The summed E-state index contributed by atoms with van der Waals surface area (Å²) in [5.41, 5.74) is 0.908. The fourth-order valence-corrected chi connectivity index (χ4v) is 3.38. The predicted octanol–water partition coefficient (Wildman–Crippen LogP) is 2.94. The zero-order valence-corrected chi connectivity index (χ0v) is 14.9. The molecule has 6 nitrogen and oxygen atoms in total. The first-order chi connectivity index (χ1) is 12.2. The number of hydrogen-bond donors (Lipinski definition) is 0. The van der Waals surface area contributed by atoms with Crippen LogP contribution >= 0.6 is 0 Å². The summed E-state index contributed by atoms with van der Waals surface area (Å²) in [6.45, 7) is 5.70. The van der Waals surface area contributed by atoms with Crippen molar-refractivity contribution in [1.29, 1.82) is 0 Å². The fourth-order valence-electron chi connectivity index (χ4n) is 3.38. The van der Waals surface area contributed by atoms with Crippen LogP contribution in [0.2, 0.25) is 0 Å². The number of benzene rings is 1. The summed E-state index contributed by atoms with van der Waals surface area (Å²) in [6, 6.07) is 9.71. The SMILES string of the molecule is CCO[C@H](C(=O)N1CCC[C@@H](Cc2noc(C)n2)C1)c1ccccc1. The molecule has 1 aliphatic rings. The van der Waals surface area contributed by atoms with Crippen LogP contribution in [0.3, 0.4) is 0 Å². The van der Waals surface area contributed by atoms with E-state index in [1.165, 1.54) is 0 Å². The van der Waals surface area contributed by atoms with Crippen molar-refractivity contribution in [2.24, 2.45) is 5.92 Å². The molecule has 0 aliphatic carbocycles. The third-order valence-electron chi connectivity index (χ3n) is 4.53. The van der Waals surface area contributed by atoms with Gasteiger partial charge in [-0.25, -0.2) is 0 Å². The highest BCUT2D eigenvalue weighted by Gasteiger charge is 2.30. The van der Waals surface area contributed by atoms with Gasteiger partial charge in [-0.3, -0.25) is 4.79 Å². The molecule has 0 bridgehead atoms. The number of nitrogens with zero attached hydrogens (tertiary/aromatic N) is 3. The number of ether oxygens (including phenoxy) is 1. The molecule has 2 aromatic rings. The van der Waals surface area contributed by atoms with Gasteiger partial charge in [0.05, 0.1) is 0 Å². The van der Waals surface area contributed by atoms with Crippen LogP contribution in [0.4, 0.5) is 0 Å². The second kappa shape index (κ2) is 8.25. The molecule has 0 spiro atoms. The lowest BCUT2D eigenvalue weighted by Gasteiger charge is -2.34. The molecule has 134 valence electrons. The van der Waals surface area contributed by atoms with Gasteiger partial charge in [-0.05, 0) is 31.2 Å². The Morgan fingerprint density at radius 3 is 2.88 bits per heavy atom. The normalized spacial score (nSPS) is 19.0. The maximum Gasteiger partial charge on any atom is 0.256 e. The molecule has 1 fully saturated rings. The van der Waals surface area contributed by atoms with Crippen molar-refractivity contribution in [3.8, 4) is 0 Å². The monoisotopic (exact) mass is 343 g/mol. The minimum absolute atomic E-state index is 0.0436. The van der Waals surface area contributed by atoms with Crippen LogP contribution in [0.15, 0.2) is 34.9 Å². The van der Waals surface area contributed by atoms with Crippen molar-refractivity contribution in [3.63, 3.8) is 0 Å². The number of aromatic nitrogens is 2. The van der Waals surface area contributed by atoms with E-state index in [4.69, 9.17) is 9.26 Å². The number of likely N-dealkylation sites (tertiary alicyclic amines) is 1.